The van der Waals surface area contributed by atoms with E-state index < -0.39 is 6.10 Å². The minimum absolute atomic E-state index is 0.0771. The molecule has 0 heterocycles. The first-order valence-electron chi connectivity index (χ1n) is 33.7. The molecule has 1 unspecified atom stereocenters. The van der Waals surface area contributed by atoms with Gasteiger partial charge in [-0.2, -0.15) is 0 Å². The summed E-state index contributed by atoms with van der Waals surface area (Å²) < 4.78 is 16.9. The number of hydrogen-bond acceptors (Lipinski definition) is 6. The Bertz CT molecular complexity index is 1540. The molecule has 6 heteroatoms. The minimum Gasteiger partial charge on any atom is -0.462 e. The van der Waals surface area contributed by atoms with Crippen molar-refractivity contribution in [3.8, 4) is 0 Å². The van der Waals surface area contributed by atoms with Gasteiger partial charge >= 0.3 is 17.9 Å². The van der Waals surface area contributed by atoms with Crippen LogP contribution in [-0.4, -0.2) is 37.2 Å². The van der Waals surface area contributed by atoms with Crippen molar-refractivity contribution < 1.29 is 28.6 Å². The highest BCUT2D eigenvalue weighted by molar-refractivity contribution is 5.71. The fourth-order valence-electron chi connectivity index (χ4n) is 9.54. The molecule has 0 saturated heterocycles. The molecule has 0 amide bonds. The van der Waals surface area contributed by atoms with Crippen LogP contribution >= 0.6 is 0 Å². The van der Waals surface area contributed by atoms with Gasteiger partial charge in [-0.25, -0.2) is 0 Å². The van der Waals surface area contributed by atoms with Crippen molar-refractivity contribution in [2.24, 2.45) is 0 Å². The molecule has 0 saturated carbocycles. The molecule has 79 heavy (non-hydrogen) atoms. The smallest absolute Gasteiger partial charge is 0.306 e. The summed E-state index contributed by atoms with van der Waals surface area (Å²) in [6.45, 7) is 6.55. The highest BCUT2D eigenvalue weighted by Gasteiger charge is 2.19. The molecule has 0 aromatic heterocycles. The van der Waals surface area contributed by atoms with Gasteiger partial charge in [-0.1, -0.05) is 304 Å². The van der Waals surface area contributed by atoms with E-state index in [2.05, 4.69) is 118 Å². The number of ether oxygens (including phenoxy) is 3. The number of esters is 3. The lowest BCUT2D eigenvalue weighted by atomic mass is 10.0. The predicted octanol–water partition coefficient (Wildman–Crippen LogP) is 23.2. The molecule has 0 spiro atoms. The van der Waals surface area contributed by atoms with Crippen molar-refractivity contribution in [1.82, 2.24) is 0 Å². The maximum atomic E-state index is 12.9. The number of hydrogen-bond donors (Lipinski definition) is 0. The Hall–Kier alpha value is -3.67. The first kappa shape index (κ1) is 75.3. The van der Waals surface area contributed by atoms with Gasteiger partial charge < -0.3 is 14.2 Å². The molecule has 0 rings (SSSR count). The fraction of sp³-hybridized carbons (Fsp3) is 0.740. The first-order chi connectivity index (χ1) is 39.0. The highest BCUT2D eigenvalue weighted by Crippen LogP contribution is 2.17. The Morgan fingerprint density at radius 1 is 0.266 bits per heavy atom. The molecule has 0 radical (unpaired) electrons. The van der Waals surface area contributed by atoms with Gasteiger partial charge in [0.05, 0.1) is 0 Å². The van der Waals surface area contributed by atoms with Crippen molar-refractivity contribution in [1.29, 1.82) is 0 Å². The van der Waals surface area contributed by atoms with Gasteiger partial charge in [0.1, 0.15) is 13.2 Å². The third kappa shape index (κ3) is 65.0. The van der Waals surface area contributed by atoms with Crippen LogP contribution in [0.5, 0.6) is 0 Å². The maximum Gasteiger partial charge on any atom is 0.306 e. The lowest BCUT2D eigenvalue weighted by molar-refractivity contribution is -0.167. The second-order valence-electron chi connectivity index (χ2n) is 22.4. The summed E-state index contributed by atoms with van der Waals surface area (Å²) >= 11 is 0. The minimum atomic E-state index is -0.781. The zero-order valence-corrected chi connectivity index (χ0v) is 52.1. The van der Waals surface area contributed by atoms with E-state index in [4.69, 9.17) is 14.2 Å². The van der Waals surface area contributed by atoms with Crippen LogP contribution in [0, 0.1) is 0 Å². The normalized spacial score (nSPS) is 12.7. The van der Waals surface area contributed by atoms with Crippen LogP contribution in [0.2, 0.25) is 0 Å². The summed E-state index contributed by atoms with van der Waals surface area (Å²) in [6, 6.07) is 0. The second-order valence-corrected chi connectivity index (χ2v) is 22.4. The van der Waals surface area contributed by atoms with Crippen LogP contribution in [0.15, 0.2) is 97.2 Å². The Balaban J connectivity index is 4.27. The van der Waals surface area contributed by atoms with Crippen molar-refractivity contribution in [3.05, 3.63) is 97.2 Å². The molecular weight excluding hydrogens is 973 g/mol. The predicted molar refractivity (Wildman–Crippen MR) is 344 cm³/mol. The van der Waals surface area contributed by atoms with Gasteiger partial charge in [0, 0.05) is 19.3 Å². The highest BCUT2D eigenvalue weighted by atomic mass is 16.6. The van der Waals surface area contributed by atoms with Crippen LogP contribution in [-0.2, 0) is 28.6 Å². The van der Waals surface area contributed by atoms with Crippen molar-refractivity contribution in [3.63, 3.8) is 0 Å². The quantitative estimate of drug-likeness (QED) is 0.0261. The van der Waals surface area contributed by atoms with Gasteiger partial charge in [0.15, 0.2) is 6.10 Å². The Labute approximate surface area is 489 Å². The largest absolute Gasteiger partial charge is 0.462 e. The molecule has 0 aliphatic rings. The molecule has 0 aliphatic carbocycles. The first-order valence-corrected chi connectivity index (χ1v) is 33.7. The summed E-state index contributed by atoms with van der Waals surface area (Å²) in [4.78, 5) is 38.3. The van der Waals surface area contributed by atoms with Gasteiger partial charge in [-0.3, -0.25) is 14.4 Å². The van der Waals surface area contributed by atoms with E-state index >= 15 is 0 Å². The lowest BCUT2D eigenvalue weighted by Gasteiger charge is -2.18. The van der Waals surface area contributed by atoms with E-state index in [-0.39, 0.29) is 31.1 Å². The van der Waals surface area contributed by atoms with E-state index in [1.165, 1.54) is 180 Å². The van der Waals surface area contributed by atoms with Crippen molar-refractivity contribution >= 4 is 17.9 Å². The van der Waals surface area contributed by atoms with E-state index in [1.807, 2.05) is 0 Å². The standard InChI is InChI=1S/C73H126O6/c1-4-7-10-13-16-19-22-25-27-29-30-31-32-33-34-35-36-37-38-39-40-41-42-44-45-48-51-54-57-60-63-66-72(75)78-69-70(68-77-71(74)65-62-59-56-53-50-47-24-21-18-15-12-9-6-3)79-73(76)67-64-61-58-55-52-49-46-43-28-26-23-20-17-14-11-8-5-2/h7,10,16,19,25-28,30-31,33-34,36-37,39-40,70H,4-6,8-9,11-15,17-18,20-24,29,32,35,38,41-69H2,1-3H3/b10-7-,19-16-,27-25-,28-26-,31-30-,34-33-,37-36-,40-39-. The number of allylic oxidation sites excluding steroid dienone is 16. The zero-order chi connectivity index (χ0) is 57.1. The molecule has 0 aromatic carbocycles. The number of rotatable bonds is 61. The van der Waals surface area contributed by atoms with Crippen LogP contribution in [0.4, 0.5) is 0 Å². The van der Waals surface area contributed by atoms with Gasteiger partial charge in [0.2, 0.25) is 0 Å². The van der Waals surface area contributed by atoms with Crippen LogP contribution in [0.3, 0.4) is 0 Å². The van der Waals surface area contributed by atoms with Crippen molar-refractivity contribution in [2.45, 2.75) is 335 Å². The summed E-state index contributed by atoms with van der Waals surface area (Å²) in [5, 5.41) is 0. The fourth-order valence-corrected chi connectivity index (χ4v) is 9.54. The molecule has 0 N–H and O–H groups in total. The number of unbranched alkanes of at least 4 members (excludes halogenated alkanes) is 34. The molecule has 454 valence electrons. The SMILES string of the molecule is CC/C=C\C/C=C\C/C=C\C/C=C\C/C=C\C/C=C\C/C=C\CCCCCCCCCCCC(=O)OCC(COC(=O)CCCCCCCCCCCCCCC)OC(=O)CCCCCCCCC/C=C\CCCCCCCC. The molecule has 0 fully saturated rings. The molecule has 1 atom stereocenters. The van der Waals surface area contributed by atoms with E-state index in [0.717, 1.165) is 109 Å². The maximum absolute atomic E-state index is 12.9. The van der Waals surface area contributed by atoms with Gasteiger partial charge in [-0.05, 0) is 103 Å². The van der Waals surface area contributed by atoms with E-state index in [0.29, 0.717) is 19.3 Å². The summed E-state index contributed by atoms with van der Waals surface area (Å²) in [7, 11) is 0. The Morgan fingerprint density at radius 2 is 0.494 bits per heavy atom. The number of carbonyl (C=O) groups excluding carboxylic acids is 3. The zero-order valence-electron chi connectivity index (χ0n) is 52.1. The molecule has 0 aliphatic heterocycles. The summed E-state index contributed by atoms with van der Waals surface area (Å²) in [5.74, 6) is -0.874. The Morgan fingerprint density at radius 3 is 0.785 bits per heavy atom. The molecular formula is C73H126O6. The molecule has 0 aromatic rings. The topological polar surface area (TPSA) is 78.9 Å². The van der Waals surface area contributed by atoms with Crippen LogP contribution < -0.4 is 0 Å². The van der Waals surface area contributed by atoms with Crippen molar-refractivity contribution in [2.75, 3.05) is 13.2 Å². The lowest BCUT2D eigenvalue weighted by Crippen LogP contribution is -2.30. The van der Waals surface area contributed by atoms with E-state index in [9.17, 15) is 14.4 Å². The summed E-state index contributed by atoms with van der Waals surface area (Å²) in [5.41, 5.74) is 0. The number of carbonyl (C=O) groups is 3. The van der Waals surface area contributed by atoms with Gasteiger partial charge in [0.25, 0.3) is 0 Å². The molecule has 6 nitrogen and oxygen atoms in total. The third-order valence-electron chi connectivity index (χ3n) is 14.6. The summed E-state index contributed by atoms with van der Waals surface area (Å²) in [6.07, 6.45) is 89.9. The Kier molecular flexibility index (Phi) is 63.7. The monoisotopic (exact) mass is 1100 g/mol. The van der Waals surface area contributed by atoms with E-state index in [1.54, 1.807) is 0 Å². The average Bonchev–Trinajstić information content (AvgIpc) is 3.45. The van der Waals surface area contributed by atoms with Crippen LogP contribution in [0.25, 0.3) is 0 Å². The average molecular weight is 1100 g/mol. The molecule has 0 bridgehead atoms. The van der Waals surface area contributed by atoms with Crippen LogP contribution in [0.1, 0.15) is 329 Å². The second kappa shape index (κ2) is 66.8. The third-order valence-corrected chi connectivity index (χ3v) is 14.6. The van der Waals surface area contributed by atoms with Gasteiger partial charge in [-0.15, -0.1) is 0 Å².